The van der Waals surface area contributed by atoms with Crippen molar-refractivity contribution < 1.29 is 19.1 Å². The molecule has 0 saturated carbocycles. The molecule has 0 radical (unpaired) electrons. The molecule has 1 aliphatic heterocycles. The van der Waals surface area contributed by atoms with Crippen molar-refractivity contribution in [1.82, 2.24) is 4.90 Å². The topological polar surface area (TPSA) is 79.6 Å². The number of aryl methyl sites for hydroxylation is 1. The molecule has 1 aliphatic rings. The van der Waals surface area contributed by atoms with Crippen molar-refractivity contribution >= 4 is 40.6 Å². The normalized spacial score (nSPS) is 14.2. The van der Waals surface area contributed by atoms with Crippen molar-refractivity contribution in [2.24, 2.45) is 0 Å². The van der Waals surface area contributed by atoms with E-state index in [1.165, 1.54) is 10.5 Å². The van der Waals surface area contributed by atoms with Gasteiger partial charge in [0.1, 0.15) is 6.61 Å². The van der Waals surface area contributed by atoms with Crippen molar-refractivity contribution in [3.63, 3.8) is 0 Å². The lowest BCUT2D eigenvalue weighted by Crippen LogP contribution is -2.29. The van der Waals surface area contributed by atoms with Crippen molar-refractivity contribution in [3.05, 3.63) is 98.9 Å². The largest absolute Gasteiger partial charge is 0.490 e. The Morgan fingerprint density at radius 2 is 1.81 bits per heavy atom. The Morgan fingerprint density at radius 3 is 2.57 bits per heavy atom. The number of halogens is 1. The Labute approximate surface area is 225 Å². The number of ether oxygens (including phenoxy) is 2. The third-order valence-electron chi connectivity index (χ3n) is 5.70. The average molecular weight is 533 g/mol. The molecule has 6 nitrogen and oxygen atoms in total. The lowest BCUT2D eigenvalue weighted by Gasteiger charge is -2.15. The molecule has 3 aromatic rings. The molecule has 0 unspecified atom stereocenters. The van der Waals surface area contributed by atoms with Crippen molar-refractivity contribution in [1.29, 1.82) is 5.26 Å². The molecular formula is C29H25ClN2O4S. The van der Waals surface area contributed by atoms with Crippen molar-refractivity contribution in [2.75, 3.05) is 13.2 Å². The molecule has 37 heavy (non-hydrogen) atoms. The summed E-state index contributed by atoms with van der Waals surface area (Å²) in [7, 11) is 0. The Hall–Kier alpha value is -3.73. The molecule has 1 saturated heterocycles. The third-order valence-corrected chi connectivity index (χ3v) is 6.89. The lowest BCUT2D eigenvalue weighted by molar-refractivity contribution is -0.122. The maximum Gasteiger partial charge on any atom is 0.293 e. The minimum absolute atomic E-state index is 0.144. The van der Waals surface area contributed by atoms with Gasteiger partial charge in [-0.05, 0) is 66.9 Å². The van der Waals surface area contributed by atoms with Gasteiger partial charge >= 0.3 is 0 Å². The second kappa shape index (κ2) is 12.5. The van der Waals surface area contributed by atoms with Gasteiger partial charge in [-0.25, -0.2) is 0 Å². The number of imide groups is 1. The molecule has 188 valence electrons. The summed E-state index contributed by atoms with van der Waals surface area (Å²) in [5.74, 6) is 0.450. The van der Waals surface area contributed by atoms with E-state index >= 15 is 0 Å². The van der Waals surface area contributed by atoms with E-state index in [1.54, 1.807) is 30.3 Å². The maximum absolute atomic E-state index is 12.9. The predicted octanol–water partition coefficient (Wildman–Crippen LogP) is 6.86. The van der Waals surface area contributed by atoms with Gasteiger partial charge in [0.25, 0.3) is 11.1 Å². The third kappa shape index (κ3) is 6.53. The summed E-state index contributed by atoms with van der Waals surface area (Å²) < 4.78 is 11.7. The second-order valence-electron chi connectivity index (χ2n) is 8.24. The zero-order chi connectivity index (χ0) is 26.2. The molecule has 4 rings (SSSR count). The molecular weight excluding hydrogens is 508 g/mol. The number of hydrogen-bond donors (Lipinski definition) is 0. The van der Waals surface area contributed by atoms with Crippen LogP contribution in [0.15, 0.2) is 71.6 Å². The summed E-state index contributed by atoms with van der Waals surface area (Å²) in [6.07, 6.45) is 3.12. The number of rotatable bonds is 10. The number of benzene rings is 3. The summed E-state index contributed by atoms with van der Waals surface area (Å²) in [6, 6.07) is 22.7. The first kappa shape index (κ1) is 26.3. The predicted molar refractivity (Wildman–Crippen MR) is 146 cm³/mol. The fraction of sp³-hybridized carbons (Fsp3) is 0.207. The number of carbonyl (C=O) groups is 2. The fourth-order valence-electron chi connectivity index (χ4n) is 3.91. The highest BCUT2D eigenvalue weighted by molar-refractivity contribution is 8.18. The molecule has 1 heterocycles. The highest BCUT2D eigenvalue weighted by atomic mass is 35.5. The number of thioether (sulfide) groups is 1. The van der Waals surface area contributed by atoms with Crippen LogP contribution in [-0.2, 0) is 17.8 Å². The van der Waals surface area contributed by atoms with Crippen LogP contribution in [0.3, 0.4) is 0 Å². The standard InChI is InChI=1S/C29H25ClN2O4S/c1-2-35-25-16-21(15-24(30)27(25)36-19-23-13-7-6-12-22(23)18-31)17-26-28(33)32(29(34)37-26)14-8-11-20-9-4-3-5-10-20/h3-7,9-10,12-13,15-17H,2,8,11,14,19H2,1H3/b26-17+. The van der Waals surface area contributed by atoms with E-state index in [1.807, 2.05) is 49.4 Å². The van der Waals surface area contributed by atoms with Gasteiger partial charge in [-0.3, -0.25) is 14.5 Å². The Morgan fingerprint density at radius 1 is 1.05 bits per heavy atom. The van der Waals surface area contributed by atoms with E-state index in [0.717, 1.165) is 23.7 Å². The van der Waals surface area contributed by atoms with E-state index < -0.39 is 0 Å². The van der Waals surface area contributed by atoms with Gasteiger partial charge in [0.05, 0.1) is 28.2 Å². The molecule has 0 aliphatic carbocycles. The zero-order valence-electron chi connectivity index (χ0n) is 20.3. The quantitative estimate of drug-likeness (QED) is 0.265. The highest BCUT2D eigenvalue weighted by Gasteiger charge is 2.34. The van der Waals surface area contributed by atoms with E-state index in [9.17, 15) is 14.9 Å². The van der Waals surface area contributed by atoms with Crippen LogP contribution in [0.25, 0.3) is 6.08 Å². The van der Waals surface area contributed by atoms with Crippen molar-refractivity contribution in [2.45, 2.75) is 26.4 Å². The van der Waals surface area contributed by atoms with Gasteiger partial charge in [-0.15, -0.1) is 0 Å². The number of nitrogens with zero attached hydrogens (tertiary/aromatic N) is 2. The van der Waals surface area contributed by atoms with Crippen LogP contribution in [0.1, 0.15) is 35.6 Å². The lowest BCUT2D eigenvalue weighted by atomic mass is 10.1. The van der Waals surface area contributed by atoms with Crippen LogP contribution in [0.5, 0.6) is 11.5 Å². The summed E-state index contributed by atoms with van der Waals surface area (Å²) >= 11 is 7.46. The first-order valence-corrected chi connectivity index (χ1v) is 13.1. The maximum atomic E-state index is 12.9. The summed E-state index contributed by atoms with van der Waals surface area (Å²) in [5, 5.41) is 9.34. The van der Waals surface area contributed by atoms with Crippen LogP contribution in [0, 0.1) is 11.3 Å². The van der Waals surface area contributed by atoms with E-state index in [2.05, 4.69) is 6.07 Å². The van der Waals surface area contributed by atoms with Crippen LogP contribution in [0.4, 0.5) is 4.79 Å². The average Bonchev–Trinajstić information content (AvgIpc) is 3.16. The molecule has 0 atom stereocenters. The Kier molecular flexibility index (Phi) is 8.89. The molecule has 1 fully saturated rings. The SMILES string of the molecule is CCOc1cc(/C=C2/SC(=O)N(CCCc3ccccc3)C2=O)cc(Cl)c1OCc1ccccc1C#N. The smallest absolute Gasteiger partial charge is 0.293 e. The van der Waals surface area contributed by atoms with Gasteiger partial charge in [0, 0.05) is 12.1 Å². The van der Waals surface area contributed by atoms with Gasteiger partial charge in [-0.1, -0.05) is 60.1 Å². The molecule has 0 aromatic heterocycles. The van der Waals surface area contributed by atoms with Gasteiger partial charge < -0.3 is 9.47 Å². The van der Waals surface area contributed by atoms with E-state index in [4.69, 9.17) is 21.1 Å². The van der Waals surface area contributed by atoms with Gasteiger partial charge in [-0.2, -0.15) is 5.26 Å². The molecule has 2 amide bonds. The highest BCUT2D eigenvalue weighted by Crippen LogP contribution is 2.39. The van der Waals surface area contributed by atoms with Crippen LogP contribution >= 0.6 is 23.4 Å². The first-order chi connectivity index (χ1) is 18.0. The van der Waals surface area contributed by atoms with Gasteiger partial charge in [0.15, 0.2) is 11.5 Å². The fourth-order valence-corrected chi connectivity index (χ4v) is 5.05. The molecule has 3 aromatic carbocycles. The molecule has 0 N–H and O–H groups in total. The monoisotopic (exact) mass is 532 g/mol. The Bertz CT molecular complexity index is 1370. The second-order valence-corrected chi connectivity index (χ2v) is 9.64. The van der Waals surface area contributed by atoms with Crippen molar-refractivity contribution in [3.8, 4) is 17.6 Å². The number of amides is 2. The van der Waals surface area contributed by atoms with Gasteiger partial charge in [0.2, 0.25) is 0 Å². The van der Waals surface area contributed by atoms with Crippen LogP contribution in [0.2, 0.25) is 5.02 Å². The minimum Gasteiger partial charge on any atom is -0.490 e. The summed E-state index contributed by atoms with van der Waals surface area (Å²) in [6.45, 7) is 2.72. The number of nitriles is 1. The molecule has 8 heteroatoms. The van der Waals surface area contributed by atoms with Crippen LogP contribution in [-0.4, -0.2) is 29.2 Å². The minimum atomic E-state index is -0.314. The Balaban J connectivity index is 1.48. The first-order valence-electron chi connectivity index (χ1n) is 11.9. The summed E-state index contributed by atoms with van der Waals surface area (Å²) in [5.41, 5.74) is 3.04. The number of carbonyl (C=O) groups excluding carboxylic acids is 2. The van der Waals surface area contributed by atoms with E-state index in [-0.39, 0.29) is 17.8 Å². The van der Waals surface area contributed by atoms with Crippen LogP contribution < -0.4 is 9.47 Å². The summed E-state index contributed by atoms with van der Waals surface area (Å²) in [4.78, 5) is 27.1. The number of hydrogen-bond acceptors (Lipinski definition) is 6. The zero-order valence-corrected chi connectivity index (χ0v) is 21.8. The molecule has 0 bridgehead atoms. The van der Waals surface area contributed by atoms with E-state index in [0.29, 0.717) is 52.1 Å². The molecule has 0 spiro atoms.